The van der Waals surface area contributed by atoms with Crippen molar-refractivity contribution in [1.29, 1.82) is 0 Å². The van der Waals surface area contributed by atoms with E-state index in [0.29, 0.717) is 32.2 Å². The lowest BCUT2D eigenvalue weighted by atomic mass is 9.78. The maximum Gasteiger partial charge on any atom is 0.392 e. The minimum absolute atomic E-state index is 0.0624. The minimum atomic E-state index is -4.28. The second-order valence-electron chi connectivity index (χ2n) is 5.03. The van der Waals surface area contributed by atoms with Gasteiger partial charge in [0.05, 0.1) is 5.92 Å². The summed E-state index contributed by atoms with van der Waals surface area (Å²) in [4.78, 5) is 11.9. The molecular weight excluding hydrogens is 245 g/mol. The van der Waals surface area contributed by atoms with Gasteiger partial charge in [0.2, 0.25) is 5.91 Å². The first-order valence-corrected chi connectivity index (χ1v) is 6.43. The van der Waals surface area contributed by atoms with Crippen LogP contribution in [0.2, 0.25) is 0 Å². The molecule has 0 saturated heterocycles. The van der Waals surface area contributed by atoms with Gasteiger partial charge in [-0.2, -0.15) is 13.2 Å². The number of nitrogens with two attached hydrogens (primary N) is 1. The van der Waals surface area contributed by atoms with Crippen molar-refractivity contribution in [1.82, 2.24) is 5.32 Å². The molecule has 3 N–H and O–H groups in total. The third-order valence-corrected chi connectivity index (χ3v) is 3.51. The molecule has 0 aliphatic heterocycles. The number of carbonyl (C=O) groups is 1. The third kappa shape index (κ3) is 4.15. The third-order valence-electron chi connectivity index (χ3n) is 3.51. The SMILES string of the molecule is CC(CCN)NC(=O)C1CCCCC1C(F)(F)F. The largest absolute Gasteiger partial charge is 0.392 e. The van der Waals surface area contributed by atoms with E-state index < -0.39 is 23.9 Å². The molecule has 1 amide bonds. The van der Waals surface area contributed by atoms with E-state index in [1.807, 2.05) is 0 Å². The van der Waals surface area contributed by atoms with Crippen LogP contribution in [0.1, 0.15) is 39.0 Å². The fourth-order valence-corrected chi connectivity index (χ4v) is 2.51. The topological polar surface area (TPSA) is 55.1 Å². The minimum Gasteiger partial charge on any atom is -0.353 e. The highest BCUT2D eigenvalue weighted by Gasteiger charge is 2.48. The molecule has 3 nitrogen and oxygen atoms in total. The fourth-order valence-electron chi connectivity index (χ4n) is 2.51. The molecule has 0 aromatic heterocycles. The molecule has 0 heterocycles. The summed E-state index contributed by atoms with van der Waals surface area (Å²) >= 11 is 0. The second-order valence-corrected chi connectivity index (χ2v) is 5.03. The van der Waals surface area contributed by atoms with Gasteiger partial charge in [0.15, 0.2) is 0 Å². The highest BCUT2D eigenvalue weighted by atomic mass is 19.4. The van der Waals surface area contributed by atoms with Crippen molar-refractivity contribution >= 4 is 5.91 Å². The molecule has 6 heteroatoms. The molecular formula is C12H21F3N2O. The zero-order chi connectivity index (χ0) is 13.8. The standard InChI is InChI=1S/C12H21F3N2O/c1-8(6-7-16)17-11(18)9-4-2-3-5-10(9)12(13,14)15/h8-10H,2-7,16H2,1H3,(H,17,18). The molecule has 1 aliphatic rings. The number of carbonyl (C=O) groups excluding carboxylic acids is 1. The van der Waals surface area contributed by atoms with Crippen molar-refractivity contribution in [3.8, 4) is 0 Å². The van der Waals surface area contributed by atoms with Gasteiger partial charge in [0, 0.05) is 12.0 Å². The molecule has 0 aromatic carbocycles. The Hall–Kier alpha value is -0.780. The first-order chi connectivity index (χ1) is 8.36. The second kappa shape index (κ2) is 6.41. The molecule has 106 valence electrons. The summed E-state index contributed by atoms with van der Waals surface area (Å²) in [6, 6.07) is -0.168. The van der Waals surface area contributed by atoms with E-state index in [4.69, 9.17) is 5.73 Å². The number of hydrogen-bond acceptors (Lipinski definition) is 2. The normalized spacial score (nSPS) is 26.7. The molecule has 3 atom stereocenters. The van der Waals surface area contributed by atoms with Gasteiger partial charge in [-0.05, 0) is 32.7 Å². The Morgan fingerprint density at radius 2 is 2.00 bits per heavy atom. The summed E-state index contributed by atoms with van der Waals surface area (Å²) in [6.07, 6.45) is -2.07. The fraction of sp³-hybridized carbons (Fsp3) is 0.917. The van der Waals surface area contributed by atoms with Gasteiger partial charge in [-0.3, -0.25) is 4.79 Å². The van der Waals surface area contributed by atoms with Gasteiger partial charge in [0.1, 0.15) is 0 Å². The molecule has 0 radical (unpaired) electrons. The molecule has 1 aliphatic carbocycles. The van der Waals surface area contributed by atoms with Crippen LogP contribution in [0.5, 0.6) is 0 Å². The maximum absolute atomic E-state index is 12.8. The van der Waals surface area contributed by atoms with Crippen molar-refractivity contribution in [2.75, 3.05) is 6.54 Å². The first-order valence-electron chi connectivity index (χ1n) is 6.43. The van der Waals surface area contributed by atoms with Gasteiger partial charge >= 0.3 is 6.18 Å². The van der Waals surface area contributed by atoms with Crippen LogP contribution in [0.25, 0.3) is 0 Å². The van der Waals surface area contributed by atoms with Gasteiger partial charge < -0.3 is 11.1 Å². The van der Waals surface area contributed by atoms with E-state index >= 15 is 0 Å². The zero-order valence-corrected chi connectivity index (χ0v) is 10.6. The van der Waals surface area contributed by atoms with Gasteiger partial charge in [-0.15, -0.1) is 0 Å². The lowest BCUT2D eigenvalue weighted by Crippen LogP contribution is -2.45. The summed E-state index contributed by atoms with van der Waals surface area (Å²) in [6.45, 7) is 2.17. The summed E-state index contributed by atoms with van der Waals surface area (Å²) in [5, 5.41) is 2.63. The van der Waals surface area contributed by atoms with E-state index in [2.05, 4.69) is 5.32 Å². The Labute approximate surface area is 105 Å². The van der Waals surface area contributed by atoms with Crippen LogP contribution in [0.15, 0.2) is 0 Å². The highest BCUT2D eigenvalue weighted by molar-refractivity contribution is 5.79. The molecule has 18 heavy (non-hydrogen) atoms. The van der Waals surface area contributed by atoms with E-state index in [-0.39, 0.29) is 12.5 Å². The Kier molecular flexibility index (Phi) is 5.44. The van der Waals surface area contributed by atoms with E-state index in [0.717, 1.165) is 0 Å². The van der Waals surface area contributed by atoms with E-state index in [1.165, 1.54) is 0 Å². The van der Waals surface area contributed by atoms with Gasteiger partial charge in [0.25, 0.3) is 0 Å². The molecule has 1 saturated carbocycles. The lowest BCUT2D eigenvalue weighted by molar-refractivity contribution is -0.198. The maximum atomic E-state index is 12.8. The van der Waals surface area contributed by atoms with Crippen LogP contribution in [-0.2, 0) is 4.79 Å². The Morgan fingerprint density at radius 3 is 2.56 bits per heavy atom. The number of alkyl halides is 3. The Bertz CT molecular complexity index is 281. The van der Waals surface area contributed by atoms with Crippen molar-refractivity contribution in [2.45, 2.75) is 51.2 Å². The number of rotatable bonds is 4. The quantitative estimate of drug-likeness (QED) is 0.819. The van der Waals surface area contributed by atoms with Crippen molar-refractivity contribution in [3.63, 3.8) is 0 Å². The van der Waals surface area contributed by atoms with Crippen LogP contribution in [0.3, 0.4) is 0 Å². The van der Waals surface area contributed by atoms with Crippen LogP contribution in [0.4, 0.5) is 13.2 Å². The first kappa shape index (κ1) is 15.3. The van der Waals surface area contributed by atoms with Crippen LogP contribution >= 0.6 is 0 Å². The smallest absolute Gasteiger partial charge is 0.353 e. The monoisotopic (exact) mass is 266 g/mol. The molecule has 0 spiro atoms. The molecule has 1 fully saturated rings. The van der Waals surface area contributed by atoms with Crippen molar-refractivity contribution < 1.29 is 18.0 Å². The Morgan fingerprint density at radius 1 is 1.39 bits per heavy atom. The summed E-state index contributed by atoms with van der Waals surface area (Å²) < 4.78 is 38.5. The zero-order valence-electron chi connectivity index (χ0n) is 10.6. The van der Waals surface area contributed by atoms with Gasteiger partial charge in [-0.25, -0.2) is 0 Å². The van der Waals surface area contributed by atoms with E-state index in [1.54, 1.807) is 6.92 Å². The average Bonchev–Trinajstić information content (AvgIpc) is 2.28. The van der Waals surface area contributed by atoms with Gasteiger partial charge in [-0.1, -0.05) is 12.8 Å². The molecule has 0 bridgehead atoms. The molecule has 3 unspecified atom stereocenters. The number of halogens is 3. The van der Waals surface area contributed by atoms with Crippen LogP contribution in [0, 0.1) is 11.8 Å². The summed E-state index contributed by atoms with van der Waals surface area (Å²) in [5.41, 5.74) is 5.35. The number of hydrogen-bond donors (Lipinski definition) is 2. The van der Waals surface area contributed by atoms with Crippen LogP contribution in [-0.4, -0.2) is 24.7 Å². The molecule has 0 aromatic rings. The molecule has 1 rings (SSSR count). The lowest BCUT2D eigenvalue weighted by Gasteiger charge is -2.32. The Balaban J connectivity index is 2.63. The van der Waals surface area contributed by atoms with Crippen molar-refractivity contribution in [2.24, 2.45) is 17.6 Å². The summed E-state index contributed by atoms with van der Waals surface area (Å²) in [5.74, 6) is -2.90. The van der Waals surface area contributed by atoms with E-state index in [9.17, 15) is 18.0 Å². The van der Waals surface area contributed by atoms with Crippen molar-refractivity contribution in [3.05, 3.63) is 0 Å². The number of nitrogens with one attached hydrogen (secondary N) is 1. The average molecular weight is 266 g/mol. The highest BCUT2D eigenvalue weighted by Crippen LogP contribution is 2.41. The summed E-state index contributed by atoms with van der Waals surface area (Å²) in [7, 11) is 0. The predicted molar refractivity (Wildman–Crippen MR) is 62.8 cm³/mol. The predicted octanol–water partition coefficient (Wildman–Crippen LogP) is 2.21. The number of amides is 1. The van der Waals surface area contributed by atoms with Crippen LogP contribution < -0.4 is 11.1 Å².